The van der Waals surface area contributed by atoms with Crippen molar-refractivity contribution in [2.75, 3.05) is 10.8 Å². The summed E-state index contributed by atoms with van der Waals surface area (Å²) in [5, 5.41) is 2.98. The van der Waals surface area contributed by atoms with Gasteiger partial charge in [-0.25, -0.2) is 8.42 Å². The van der Waals surface area contributed by atoms with Gasteiger partial charge in [0.05, 0.1) is 10.6 Å². The van der Waals surface area contributed by atoms with E-state index in [4.69, 9.17) is 0 Å². The summed E-state index contributed by atoms with van der Waals surface area (Å²) in [6.45, 7) is 7.21. The van der Waals surface area contributed by atoms with Gasteiger partial charge in [0.1, 0.15) is 12.6 Å². The Morgan fingerprint density at radius 3 is 2.05 bits per heavy atom. The highest BCUT2D eigenvalue weighted by molar-refractivity contribution is 9.10. The lowest BCUT2D eigenvalue weighted by molar-refractivity contribution is -0.140. The molecule has 0 saturated carbocycles. The van der Waals surface area contributed by atoms with E-state index in [1.807, 2.05) is 82.3 Å². The second-order valence-electron chi connectivity index (χ2n) is 11.1. The third-order valence-corrected chi connectivity index (χ3v) is 9.62. The van der Waals surface area contributed by atoms with Crippen molar-refractivity contribution in [1.82, 2.24) is 10.2 Å². The monoisotopic (exact) mass is 675 g/mol. The molecule has 7 nitrogen and oxygen atoms in total. The smallest absolute Gasteiger partial charge is 0.264 e. The maximum absolute atomic E-state index is 14.5. The Morgan fingerprint density at radius 2 is 1.43 bits per heavy atom. The number of rotatable bonds is 12. The van der Waals surface area contributed by atoms with E-state index in [0.717, 1.165) is 31.0 Å². The number of hydrogen-bond donors (Lipinski definition) is 1. The maximum atomic E-state index is 14.5. The summed E-state index contributed by atoms with van der Waals surface area (Å²) < 4.78 is 30.1. The molecule has 230 valence electrons. The van der Waals surface area contributed by atoms with Crippen LogP contribution >= 0.6 is 15.9 Å². The summed E-state index contributed by atoms with van der Waals surface area (Å²) in [7, 11) is -4.15. The zero-order valence-electron chi connectivity index (χ0n) is 25.4. The number of carbonyl (C=O) groups excluding carboxylic acids is 2. The molecule has 0 aromatic heterocycles. The van der Waals surface area contributed by atoms with E-state index < -0.39 is 28.5 Å². The summed E-state index contributed by atoms with van der Waals surface area (Å²) in [6.07, 6.45) is 0.264. The van der Waals surface area contributed by atoms with Crippen molar-refractivity contribution in [3.63, 3.8) is 0 Å². The molecule has 0 aliphatic heterocycles. The van der Waals surface area contributed by atoms with E-state index in [1.165, 1.54) is 4.90 Å². The van der Waals surface area contributed by atoms with Crippen molar-refractivity contribution in [3.05, 3.63) is 130 Å². The second kappa shape index (κ2) is 14.7. The number of carbonyl (C=O) groups is 2. The molecule has 0 heterocycles. The first kappa shape index (κ1) is 33.0. The minimum Gasteiger partial charge on any atom is -0.352 e. The number of halogens is 1. The molecule has 4 aromatic carbocycles. The van der Waals surface area contributed by atoms with Crippen LogP contribution in [0.5, 0.6) is 0 Å². The first-order valence-corrected chi connectivity index (χ1v) is 16.7. The van der Waals surface area contributed by atoms with Gasteiger partial charge in [0.2, 0.25) is 11.8 Å². The number of nitrogens with zero attached hydrogens (tertiary/aromatic N) is 2. The molecule has 0 radical (unpaired) electrons. The van der Waals surface area contributed by atoms with Gasteiger partial charge in [0.25, 0.3) is 10.0 Å². The molecule has 0 aliphatic carbocycles. The molecule has 0 fully saturated rings. The zero-order valence-corrected chi connectivity index (χ0v) is 27.8. The third-order valence-electron chi connectivity index (χ3n) is 7.31. The molecule has 4 rings (SSSR count). The van der Waals surface area contributed by atoms with Gasteiger partial charge in [0.15, 0.2) is 0 Å². The molecular weight excluding hydrogens is 638 g/mol. The molecular formula is C35H38BrN3O4S. The number of anilines is 1. The average Bonchev–Trinajstić information content (AvgIpc) is 2.99. The van der Waals surface area contributed by atoms with Crippen molar-refractivity contribution < 1.29 is 18.0 Å². The molecule has 44 heavy (non-hydrogen) atoms. The number of aryl methyl sites for hydroxylation is 2. The van der Waals surface area contributed by atoms with Crippen LogP contribution in [0.4, 0.5) is 5.69 Å². The van der Waals surface area contributed by atoms with Gasteiger partial charge < -0.3 is 10.2 Å². The normalized spacial score (nSPS) is 12.0. The fourth-order valence-corrected chi connectivity index (χ4v) is 6.56. The first-order valence-electron chi connectivity index (χ1n) is 14.5. The van der Waals surface area contributed by atoms with Crippen LogP contribution in [0.15, 0.2) is 112 Å². The van der Waals surface area contributed by atoms with Crippen LogP contribution in [0.3, 0.4) is 0 Å². The standard InChI is InChI=1S/C35H38BrN3O4S/c1-25(2)37-35(41)33(22-28-11-6-5-7-12-28)38(23-29-13-9-8-10-27(29)4)34(40)24-39(31-18-16-30(36)17-19-31)44(42,43)32-20-14-26(3)15-21-32/h5-21,25,33H,22-24H2,1-4H3,(H,37,41)/t33-/m1/s1. The SMILES string of the molecule is Cc1ccc(S(=O)(=O)N(CC(=O)N(Cc2ccccc2C)[C@H](Cc2ccccc2)C(=O)NC(C)C)c2ccc(Br)cc2)cc1. The topological polar surface area (TPSA) is 86.8 Å². The van der Waals surface area contributed by atoms with E-state index in [-0.39, 0.29) is 29.8 Å². The van der Waals surface area contributed by atoms with Crippen molar-refractivity contribution >= 4 is 43.5 Å². The highest BCUT2D eigenvalue weighted by Crippen LogP contribution is 2.27. The molecule has 1 N–H and O–H groups in total. The lowest BCUT2D eigenvalue weighted by atomic mass is 10.0. The third kappa shape index (κ3) is 8.36. The fraction of sp³-hybridized carbons (Fsp3) is 0.257. The van der Waals surface area contributed by atoms with Crippen LogP contribution < -0.4 is 9.62 Å². The molecule has 9 heteroatoms. The Hall–Kier alpha value is -3.95. The average molecular weight is 677 g/mol. The van der Waals surface area contributed by atoms with Gasteiger partial charge in [-0.3, -0.25) is 13.9 Å². The number of benzene rings is 4. The van der Waals surface area contributed by atoms with Crippen molar-refractivity contribution in [2.24, 2.45) is 0 Å². The predicted octanol–water partition coefficient (Wildman–Crippen LogP) is 6.43. The van der Waals surface area contributed by atoms with E-state index in [0.29, 0.717) is 5.69 Å². The van der Waals surface area contributed by atoms with Gasteiger partial charge in [0, 0.05) is 23.5 Å². The fourth-order valence-electron chi connectivity index (χ4n) is 4.88. The minimum absolute atomic E-state index is 0.0719. The molecule has 2 amide bonds. The summed E-state index contributed by atoms with van der Waals surface area (Å²) in [5.41, 5.74) is 3.97. The van der Waals surface area contributed by atoms with Gasteiger partial charge in [-0.05, 0) is 80.8 Å². The number of hydrogen-bond acceptors (Lipinski definition) is 4. The van der Waals surface area contributed by atoms with E-state index in [2.05, 4.69) is 21.2 Å². The Labute approximate surface area is 269 Å². The lowest BCUT2D eigenvalue weighted by Crippen LogP contribution is -2.54. The summed E-state index contributed by atoms with van der Waals surface area (Å²) in [5.74, 6) is -0.797. The van der Waals surface area contributed by atoms with Crippen molar-refractivity contribution in [2.45, 2.75) is 57.6 Å². The molecule has 0 aliphatic rings. The Balaban J connectivity index is 1.81. The van der Waals surface area contributed by atoms with Gasteiger partial charge >= 0.3 is 0 Å². The van der Waals surface area contributed by atoms with Gasteiger partial charge in [-0.2, -0.15) is 0 Å². The summed E-state index contributed by atoms with van der Waals surface area (Å²) >= 11 is 3.41. The van der Waals surface area contributed by atoms with Crippen LogP contribution in [0.1, 0.15) is 36.1 Å². The van der Waals surface area contributed by atoms with E-state index >= 15 is 0 Å². The largest absolute Gasteiger partial charge is 0.352 e. The van der Waals surface area contributed by atoms with Crippen molar-refractivity contribution in [3.8, 4) is 0 Å². The Kier molecular flexibility index (Phi) is 11.0. The van der Waals surface area contributed by atoms with Crippen LogP contribution in [0.25, 0.3) is 0 Å². The second-order valence-corrected chi connectivity index (χ2v) is 13.9. The Morgan fingerprint density at radius 1 is 0.818 bits per heavy atom. The summed E-state index contributed by atoms with van der Waals surface area (Å²) in [6, 6.07) is 29.5. The number of amides is 2. The van der Waals surface area contributed by atoms with Crippen LogP contribution in [0, 0.1) is 13.8 Å². The van der Waals surface area contributed by atoms with Gasteiger partial charge in [-0.15, -0.1) is 0 Å². The van der Waals surface area contributed by atoms with E-state index in [1.54, 1.807) is 48.5 Å². The van der Waals surface area contributed by atoms with Crippen molar-refractivity contribution in [1.29, 1.82) is 0 Å². The van der Waals surface area contributed by atoms with Gasteiger partial charge in [-0.1, -0.05) is 88.2 Å². The van der Waals surface area contributed by atoms with Crippen LogP contribution in [0.2, 0.25) is 0 Å². The maximum Gasteiger partial charge on any atom is 0.264 e. The minimum atomic E-state index is -4.15. The molecule has 0 unspecified atom stereocenters. The van der Waals surface area contributed by atoms with Crippen LogP contribution in [-0.4, -0.2) is 43.8 Å². The molecule has 0 saturated heterocycles. The highest BCUT2D eigenvalue weighted by Gasteiger charge is 2.35. The van der Waals surface area contributed by atoms with E-state index in [9.17, 15) is 18.0 Å². The zero-order chi connectivity index (χ0) is 31.9. The highest BCUT2D eigenvalue weighted by atomic mass is 79.9. The lowest BCUT2D eigenvalue weighted by Gasteiger charge is -2.34. The predicted molar refractivity (Wildman–Crippen MR) is 179 cm³/mol. The molecule has 4 aromatic rings. The number of sulfonamides is 1. The summed E-state index contributed by atoms with van der Waals surface area (Å²) in [4.78, 5) is 29.9. The van der Waals surface area contributed by atoms with Crippen LogP contribution in [-0.2, 0) is 32.6 Å². The first-order chi connectivity index (χ1) is 21.0. The molecule has 0 bridgehead atoms. The number of nitrogens with one attached hydrogen (secondary N) is 1. The Bertz CT molecular complexity index is 1680. The molecule has 1 atom stereocenters. The quantitative estimate of drug-likeness (QED) is 0.188. The molecule has 0 spiro atoms.